The average molecular weight is 433 g/mol. The molecule has 1 aromatic rings. The van der Waals surface area contributed by atoms with Crippen molar-refractivity contribution in [3.05, 3.63) is 28.8 Å². The summed E-state index contributed by atoms with van der Waals surface area (Å²) in [5.74, 6) is -1.04. The lowest BCUT2D eigenvalue weighted by molar-refractivity contribution is -0.143. The number of carbonyl (C=O) groups is 3. The zero-order chi connectivity index (χ0) is 23.2. The van der Waals surface area contributed by atoms with Gasteiger partial charge >= 0.3 is 17.8 Å². The highest BCUT2D eigenvalue weighted by molar-refractivity contribution is 6.49. The van der Waals surface area contributed by atoms with Gasteiger partial charge in [-0.25, -0.2) is 4.90 Å². The van der Waals surface area contributed by atoms with E-state index in [1.165, 1.54) is 36.8 Å². The second-order valence-electron chi connectivity index (χ2n) is 7.42. The molecule has 1 atom stereocenters. The fourth-order valence-electron chi connectivity index (χ4n) is 3.86. The minimum absolute atomic E-state index is 0.222. The second kappa shape index (κ2) is 10.5. The predicted molar refractivity (Wildman–Crippen MR) is 116 cm³/mol. The Balaban J connectivity index is 0.000000614. The average Bonchev–Trinajstić information content (AvgIpc) is 3.31. The number of benzene rings is 1. The molecule has 1 saturated heterocycles. The lowest BCUT2D eigenvalue weighted by Gasteiger charge is -2.22. The standard InChI is InChI=1S/C20H26N2O4.C3H6O2/c1-5-7-8-9-10-14-13(6-2)11-12-15(16(14)25-3)20(26-4)19-21-17(23)18(24)22(19)20;1-2-3(4)5/h11-12H,5-10H2,1-4H3;2H2,1H3,(H,4,5). The SMILES string of the molecule is CCC(=O)O.CCCCCCc1c(CC)ccc(C2(OC)C3=NC(=O)C(=O)N32)c1OC. The summed E-state index contributed by atoms with van der Waals surface area (Å²) in [6.45, 7) is 5.92. The molecule has 31 heavy (non-hydrogen) atoms. The quantitative estimate of drug-likeness (QED) is 0.345. The number of fused-ring (bicyclic) bond motifs is 1. The first-order valence-electron chi connectivity index (χ1n) is 10.8. The van der Waals surface area contributed by atoms with Crippen LogP contribution < -0.4 is 4.74 Å². The van der Waals surface area contributed by atoms with Gasteiger partial charge in [-0.2, -0.15) is 4.99 Å². The molecule has 1 unspecified atom stereocenters. The molecule has 0 spiro atoms. The van der Waals surface area contributed by atoms with Crippen LogP contribution in [-0.4, -0.2) is 47.8 Å². The minimum atomic E-state index is -1.10. The van der Waals surface area contributed by atoms with Crippen LogP contribution in [-0.2, 0) is 37.7 Å². The molecule has 0 saturated carbocycles. The highest BCUT2D eigenvalue weighted by Crippen LogP contribution is 2.53. The lowest BCUT2D eigenvalue weighted by Crippen LogP contribution is -2.29. The maximum Gasteiger partial charge on any atom is 0.337 e. The Kier molecular flexibility index (Phi) is 8.33. The number of carboxylic acid groups (broad SMARTS) is 1. The zero-order valence-electron chi connectivity index (χ0n) is 19.0. The summed E-state index contributed by atoms with van der Waals surface area (Å²) in [6, 6.07) is 3.99. The van der Waals surface area contributed by atoms with E-state index in [1.807, 2.05) is 6.07 Å². The molecular weight excluding hydrogens is 400 g/mol. The van der Waals surface area contributed by atoms with Crippen LogP contribution in [0.1, 0.15) is 69.6 Å². The van der Waals surface area contributed by atoms with E-state index >= 15 is 0 Å². The van der Waals surface area contributed by atoms with E-state index in [0.29, 0.717) is 5.84 Å². The third kappa shape index (κ3) is 4.63. The number of nitrogens with zero attached hydrogens (tertiary/aromatic N) is 2. The minimum Gasteiger partial charge on any atom is -0.496 e. The summed E-state index contributed by atoms with van der Waals surface area (Å²) >= 11 is 0. The largest absolute Gasteiger partial charge is 0.496 e. The number of ether oxygens (including phenoxy) is 2. The number of aliphatic imine (C=N–C) groups is 1. The van der Waals surface area contributed by atoms with Gasteiger partial charge in [0.25, 0.3) is 0 Å². The molecule has 1 aromatic carbocycles. The number of amides is 2. The molecule has 3 rings (SSSR count). The van der Waals surface area contributed by atoms with E-state index in [4.69, 9.17) is 14.6 Å². The number of carboxylic acids is 1. The maximum absolute atomic E-state index is 12.1. The van der Waals surface area contributed by atoms with E-state index in [2.05, 4.69) is 24.9 Å². The normalized spacial score (nSPS) is 18.9. The number of aryl methyl sites for hydroxylation is 1. The summed E-state index contributed by atoms with van der Waals surface area (Å²) in [5, 5.41) is 7.72. The smallest absolute Gasteiger partial charge is 0.337 e. The van der Waals surface area contributed by atoms with E-state index in [0.717, 1.165) is 36.1 Å². The fraction of sp³-hybridized carbons (Fsp3) is 0.565. The van der Waals surface area contributed by atoms with Crippen molar-refractivity contribution in [1.82, 2.24) is 4.90 Å². The molecule has 2 aliphatic rings. The molecular formula is C23H32N2O6. The topological polar surface area (TPSA) is 105 Å². The lowest BCUT2D eigenvalue weighted by atomic mass is 9.93. The summed E-state index contributed by atoms with van der Waals surface area (Å²) < 4.78 is 11.5. The van der Waals surface area contributed by atoms with Crippen molar-refractivity contribution in [3.63, 3.8) is 0 Å². The van der Waals surface area contributed by atoms with Crippen molar-refractivity contribution in [3.8, 4) is 5.75 Å². The Morgan fingerprint density at radius 3 is 2.26 bits per heavy atom. The van der Waals surface area contributed by atoms with Gasteiger partial charge in [0, 0.05) is 13.5 Å². The highest BCUT2D eigenvalue weighted by atomic mass is 16.5. The van der Waals surface area contributed by atoms with E-state index in [1.54, 1.807) is 14.0 Å². The van der Waals surface area contributed by atoms with Crippen LogP contribution in [0.15, 0.2) is 17.1 Å². The summed E-state index contributed by atoms with van der Waals surface area (Å²) in [4.78, 5) is 38.1. The summed E-state index contributed by atoms with van der Waals surface area (Å²) in [7, 11) is 3.16. The van der Waals surface area contributed by atoms with E-state index in [9.17, 15) is 14.4 Å². The Hall–Kier alpha value is -2.74. The van der Waals surface area contributed by atoms with Crippen molar-refractivity contribution >= 4 is 23.6 Å². The first-order chi connectivity index (χ1) is 14.8. The van der Waals surface area contributed by atoms with Crippen LogP contribution in [0, 0.1) is 0 Å². The first kappa shape index (κ1) is 24.5. The van der Waals surface area contributed by atoms with Crippen LogP contribution >= 0.6 is 0 Å². The van der Waals surface area contributed by atoms with Gasteiger partial charge in [-0.05, 0) is 36.5 Å². The van der Waals surface area contributed by atoms with Gasteiger partial charge in [0.2, 0.25) is 5.72 Å². The van der Waals surface area contributed by atoms with E-state index < -0.39 is 23.5 Å². The number of rotatable bonds is 10. The molecule has 0 aliphatic carbocycles. The van der Waals surface area contributed by atoms with Crippen molar-refractivity contribution in [2.45, 2.75) is 71.4 Å². The van der Waals surface area contributed by atoms with Gasteiger partial charge in [-0.15, -0.1) is 0 Å². The van der Waals surface area contributed by atoms with Crippen LogP contribution in [0.25, 0.3) is 0 Å². The van der Waals surface area contributed by atoms with Crippen molar-refractivity contribution < 1.29 is 29.0 Å². The Labute approximate surface area is 183 Å². The second-order valence-corrected chi connectivity index (χ2v) is 7.42. The number of aliphatic carboxylic acids is 1. The van der Waals surface area contributed by atoms with Crippen molar-refractivity contribution in [2.75, 3.05) is 14.2 Å². The highest BCUT2D eigenvalue weighted by Gasteiger charge is 2.71. The van der Waals surface area contributed by atoms with Crippen LogP contribution in [0.5, 0.6) is 5.75 Å². The number of methoxy groups -OCH3 is 2. The van der Waals surface area contributed by atoms with Gasteiger partial charge in [0.1, 0.15) is 5.75 Å². The van der Waals surface area contributed by atoms with Crippen LogP contribution in [0.4, 0.5) is 0 Å². The number of carbonyl (C=O) groups excluding carboxylic acids is 2. The summed E-state index contributed by atoms with van der Waals surface area (Å²) in [6.07, 6.45) is 6.71. The number of hydrogen-bond donors (Lipinski definition) is 1. The Bertz CT molecular complexity index is 879. The third-order valence-electron chi connectivity index (χ3n) is 5.56. The van der Waals surface area contributed by atoms with Crippen LogP contribution in [0.2, 0.25) is 0 Å². The predicted octanol–water partition coefficient (Wildman–Crippen LogP) is 3.44. The number of unbranched alkanes of at least 4 members (excludes halogenated alkanes) is 3. The van der Waals surface area contributed by atoms with Gasteiger partial charge in [0.05, 0.1) is 12.7 Å². The Morgan fingerprint density at radius 1 is 1.13 bits per heavy atom. The van der Waals surface area contributed by atoms with Crippen molar-refractivity contribution in [1.29, 1.82) is 0 Å². The summed E-state index contributed by atoms with van der Waals surface area (Å²) in [5.41, 5.74) is 2.04. The molecule has 2 aliphatic heterocycles. The molecule has 170 valence electrons. The fourth-order valence-corrected chi connectivity index (χ4v) is 3.86. The molecule has 8 heteroatoms. The monoisotopic (exact) mass is 432 g/mol. The molecule has 8 nitrogen and oxygen atoms in total. The Morgan fingerprint density at radius 2 is 1.81 bits per heavy atom. The van der Waals surface area contributed by atoms with Gasteiger partial charge in [0.15, 0.2) is 5.84 Å². The molecule has 0 radical (unpaired) electrons. The third-order valence-corrected chi connectivity index (χ3v) is 5.56. The van der Waals surface area contributed by atoms with Gasteiger partial charge < -0.3 is 14.6 Å². The molecule has 0 bridgehead atoms. The van der Waals surface area contributed by atoms with E-state index in [-0.39, 0.29) is 6.42 Å². The zero-order valence-corrected chi connectivity index (χ0v) is 19.0. The maximum atomic E-state index is 12.1. The molecule has 0 aromatic heterocycles. The van der Waals surface area contributed by atoms with Crippen molar-refractivity contribution in [2.24, 2.45) is 4.99 Å². The molecule has 1 fully saturated rings. The van der Waals surface area contributed by atoms with Crippen LogP contribution in [0.3, 0.4) is 0 Å². The number of hydrogen-bond acceptors (Lipinski definition) is 5. The molecule has 1 N–H and O–H groups in total. The first-order valence-corrected chi connectivity index (χ1v) is 10.8. The molecule has 2 heterocycles. The number of amidine groups is 1. The van der Waals surface area contributed by atoms with Gasteiger partial charge in [-0.3, -0.25) is 14.4 Å². The van der Waals surface area contributed by atoms with Gasteiger partial charge in [-0.1, -0.05) is 46.1 Å². The molecule has 2 amide bonds.